The molecule has 0 saturated heterocycles. The van der Waals surface area contributed by atoms with Crippen LogP contribution in [0.1, 0.15) is 5.56 Å². The van der Waals surface area contributed by atoms with Crippen molar-refractivity contribution in [2.75, 3.05) is 12.4 Å². The highest BCUT2D eigenvalue weighted by molar-refractivity contribution is 9.10. The first kappa shape index (κ1) is 15.3. The van der Waals surface area contributed by atoms with E-state index < -0.39 is 0 Å². The summed E-state index contributed by atoms with van der Waals surface area (Å²) in [6.07, 6.45) is 0. The number of phenols is 1. The number of hydrogen-bond donors (Lipinski definition) is 2. The van der Waals surface area contributed by atoms with E-state index in [1.54, 1.807) is 12.1 Å². The first-order chi connectivity index (χ1) is 9.54. The fraction of sp³-hybridized carbons (Fsp3) is 0.143. The number of para-hydroxylation sites is 1. The minimum absolute atomic E-state index is 0.113. The van der Waals surface area contributed by atoms with E-state index in [1.165, 1.54) is 7.11 Å². The predicted octanol–water partition coefficient (Wildman–Crippen LogP) is 5.08. The molecule has 2 N–H and O–H groups in total. The summed E-state index contributed by atoms with van der Waals surface area (Å²) >= 11 is 15.5. The molecule has 0 radical (unpaired) electrons. The van der Waals surface area contributed by atoms with Crippen molar-refractivity contribution in [3.63, 3.8) is 0 Å². The first-order valence-electron chi connectivity index (χ1n) is 5.76. The SMILES string of the molecule is COc1cccc(CNc2ccc(Br)c(Cl)c2Cl)c1O. The average Bonchev–Trinajstić information content (AvgIpc) is 2.45. The molecule has 0 amide bonds. The van der Waals surface area contributed by atoms with Crippen LogP contribution in [0.15, 0.2) is 34.8 Å². The highest BCUT2D eigenvalue weighted by Crippen LogP contribution is 2.36. The highest BCUT2D eigenvalue weighted by Gasteiger charge is 2.10. The lowest BCUT2D eigenvalue weighted by atomic mass is 10.2. The number of methoxy groups -OCH3 is 1. The van der Waals surface area contributed by atoms with Crippen molar-refractivity contribution in [2.24, 2.45) is 0 Å². The van der Waals surface area contributed by atoms with Gasteiger partial charge in [-0.25, -0.2) is 0 Å². The number of halogens is 3. The molecule has 0 heterocycles. The van der Waals surface area contributed by atoms with E-state index in [4.69, 9.17) is 27.9 Å². The van der Waals surface area contributed by atoms with Crippen LogP contribution in [0.5, 0.6) is 11.5 Å². The van der Waals surface area contributed by atoms with E-state index in [9.17, 15) is 5.11 Å². The molecule has 0 atom stereocenters. The lowest BCUT2D eigenvalue weighted by molar-refractivity contribution is 0.371. The summed E-state index contributed by atoms with van der Waals surface area (Å²) < 4.78 is 5.80. The number of hydrogen-bond acceptors (Lipinski definition) is 3. The molecule has 0 aliphatic heterocycles. The van der Waals surface area contributed by atoms with Gasteiger partial charge < -0.3 is 15.2 Å². The largest absolute Gasteiger partial charge is 0.504 e. The zero-order valence-corrected chi connectivity index (χ0v) is 13.7. The summed E-state index contributed by atoms with van der Waals surface area (Å²) in [7, 11) is 1.51. The van der Waals surface area contributed by atoms with E-state index >= 15 is 0 Å². The molecular formula is C14H12BrCl2NO2. The van der Waals surface area contributed by atoms with Crippen molar-refractivity contribution in [1.29, 1.82) is 0 Å². The molecule has 3 nitrogen and oxygen atoms in total. The van der Waals surface area contributed by atoms with Gasteiger partial charge in [-0.1, -0.05) is 35.3 Å². The van der Waals surface area contributed by atoms with Crippen molar-refractivity contribution in [1.82, 2.24) is 0 Å². The Kier molecular flexibility index (Phi) is 5.02. The lowest BCUT2D eigenvalue weighted by Crippen LogP contribution is -2.01. The minimum atomic E-state index is 0.113. The Morgan fingerprint density at radius 2 is 1.95 bits per heavy atom. The molecule has 2 aromatic carbocycles. The molecule has 0 fully saturated rings. The number of ether oxygens (including phenoxy) is 1. The van der Waals surface area contributed by atoms with Crippen LogP contribution >= 0.6 is 39.1 Å². The molecule has 0 saturated carbocycles. The Bertz CT molecular complexity index is 635. The third kappa shape index (κ3) is 3.14. The predicted molar refractivity (Wildman–Crippen MR) is 86.1 cm³/mol. The topological polar surface area (TPSA) is 41.5 Å². The molecule has 106 valence electrons. The van der Waals surface area contributed by atoms with Gasteiger partial charge in [0.25, 0.3) is 0 Å². The Morgan fingerprint density at radius 1 is 1.20 bits per heavy atom. The van der Waals surface area contributed by atoms with Gasteiger partial charge in [0.2, 0.25) is 0 Å². The second-order valence-electron chi connectivity index (χ2n) is 4.04. The number of rotatable bonds is 4. The van der Waals surface area contributed by atoms with Gasteiger partial charge in [-0.15, -0.1) is 0 Å². The van der Waals surface area contributed by atoms with E-state index in [1.807, 2.05) is 18.2 Å². The van der Waals surface area contributed by atoms with Gasteiger partial charge >= 0.3 is 0 Å². The molecule has 0 spiro atoms. The monoisotopic (exact) mass is 375 g/mol. The lowest BCUT2D eigenvalue weighted by Gasteiger charge is -2.12. The van der Waals surface area contributed by atoms with E-state index in [0.29, 0.717) is 33.6 Å². The van der Waals surface area contributed by atoms with Crippen LogP contribution in [-0.4, -0.2) is 12.2 Å². The van der Waals surface area contributed by atoms with Crippen LogP contribution in [0.2, 0.25) is 10.0 Å². The zero-order chi connectivity index (χ0) is 14.7. The Hall–Kier alpha value is -1.10. The van der Waals surface area contributed by atoms with Crippen LogP contribution < -0.4 is 10.1 Å². The maximum absolute atomic E-state index is 10.0. The standard InChI is InChI=1S/C14H12BrCl2NO2/c1-20-11-4-2-3-8(14(11)19)7-18-10-6-5-9(15)12(16)13(10)17/h2-6,18-19H,7H2,1H3. The third-order valence-electron chi connectivity index (χ3n) is 2.81. The Morgan fingerprint density at radius 3 is 2.65 bits per heavy atom. The molecule has 2 aromatic rings. The zero-order valence-electron chi connectivity index (χ0n) is 10.6. The molecule has 0 aliphatic rings. The second kappa shape index (κ2) is 6.57. The van der Waals surface area contributed by atoms with E-state index in [-0.39, 0.29) is 5.75 Å². The highest BCUT2D eigenvalue weighted by atomic mass is 79.9. The van der Waals surface area contributed by atoms with Crippen LogP contribution in [0, 0.1) is 0 Å². The van der Waals surface area contributed by atoms with Gasteiger partial charge in [0.15, 0.2) is 11.5 Å². The van der Waals surface area contributed by atoms with Crippen LogP contribution in [0.3, 0.4) is 0 Å². The number of nitrogens with one attached hydrogen (secondary N) is 1. The first-order valence-corrected chi connectivity index (χ1v) is 7.31. The van der Waals surface area contributed by atoms with Crippen LogP contribution in [0.25, 0.3) is 0 Å². The van der Waals surface area contributed by atoms with Gasteiger partial charge in [-0.05, 0) is 34.1 Å². The summed E-state index contributed by atoms with van der Waals surface area (Å²) in [5.74, 6) is 0.547. The Labute approximate surface area is 135 Å². The molecule has 0 aromatic heterocycles. The smallest absolute Gasteiger partial charge is 0.162 e. The fourth-order valence-corrected chi connectivity index (χ4v) is 2.57. The normalized spacial score (nSPS) is 10.4. The maximum Gasteiger partial charge on any atom is 0.162 e. The van der Waals surface area contributed by atoms with Crippen molar-refractivity contribution >= 4 is 44.8 Å². The molecule has 2 rings (SSSR count). The minimum Gasteiger partial charge on any atom is -0.504 e. The number of anilines is 1. The molecule has 6 heteroatoms. The maximum atomic E-state index is 10.0. The average molecular weight is 377 g/mol. The summed E-state index contributed by atoms with van der Waals surface area (Å²) in [6, 6.07) is 8.94. The second-order valence-corrected chi connectivity index (χ2v) is 5.65. The van der Waals surface area contributed by atoms with Crippen molar-refractivity contribution in [2.45, 2.75) is 6.54 Å². The summed E-state index contributed by atoms with van der Waals surface area (Å²) in [4.78, 5) is 0. The molecule has 0 unspecified atom stereocenters. The van der Waals surface area contributed by atoms with Crippen molar-refractivity contribution in [3.05, 3.63) is 50.4 Å². The van der Waals surface area contributed by atoms with Crippen LogP contribution in [0.4, 0.5) is 5.69 Å². The summed E-state index contributed by atoms with van der Waals surface area (Å²) in [6.45, 7) is 0.403. The molecule has 0 aliphatic carbocycles. The fourth-order valence-electron chi connectivity index (χ4n) is 1.73. The van der Waals surface area contributed by atoms with Gasteiger partial charge in [-0.2, -0.15) is 0 Å². The van der Waals surface area contributed by atoms with Gasteiger partial charge in [0, 0.05) is 16.6 Å². The molecular weight excluding hydrogens is 365 g/mol. The number of benzene rings is 2. The third-order valence-corrected chi connectivity index (χ3v) is 4.58. The van der Waals surface area contributed by atoms with Crippen molar-refractivity contribution in [3.8, 4) is 11.5 Å². The summed E-state index contributed by atoms with van der Waals surface area (Å²) in [5, 5.41) is 14.0. The van der Waals surface area contributed by atoms with Crippen molar-refractivity contribution < 1.29 is 9.84 Å². The molecule has 20 heavy (non-hydrogen) atoms. The van der Waals surface area contributed by atoms with Gasteiger partial charge in [0.05, 0.1) is 22.8 Å². The quantitative estimate of drug-likeness (QED) is 0.731. The summed E-state index contributed by atoms with van der Waals surface area (Å²) in [5.41, 5.74) is 1.40. The molecule has 0 bridgehead atoms. The van der Waals surface area contributed by atoms with Crippen LogP contribution in [-0.2, 0) is 6.54 Å². The van der Waals surface area contributed by atoms with E-state index in [0.717, 1.165) is 4.47 Å². The van der Waals surface area contributed by atoms with Gasteiger partial charge in [0.1, 0.15) is 0 Å². The van der Waals surface area contributed by atoms with Gasteiger partial charge in [-0.3, -0.25) is 0 Å². The van der Waals surface area contributed by atoms with E-state index in [2.05, 4.69) is 21.2 Å². The Balaban J connectivity index is 2.19. The number of phenolic OH excluding ortho intramolecular Hbond substituents is 1. The number of aromatic hydroxyl groups is 1.